The van der Waals surface area contributed by atoms with Gasteiger partial charge in [-0.3, -0.25) is 4.90 Å². The summed E-state index contributed by atoms with van der Waals surface area (Å²) >= 11 is 0. The summed E-state index contributed by atoms with van der Waals surface area (Å²) in [5.41, 5.74) is 0. The highest BCUT2D eigenvalue weighted by Gasteiger charge is 2.32. The minimum atomic E-state index is 0.281. The molecule has 0 spiro atoms. The first-order valence-corrected chi connectivity index (χ1v) is 6.52. The molecule has 2 heterocycles. The molecule has 2 rings (SSSR count). The van der Waals surface area contributed by atoms with Crippen molar-refractivity contribution < 1.29 is 4.74 Å². The quantitative estimate of drug-likeness (QED) is 0.687. The molecule has 2 fully saturated rings. The minimum Gasteiger partial charge on any atom is -0.373 e. The molecule has 5 nitrogen and oxygen atoms in total. The van der Waals surface area contributed by atoms with Gasteiger partial charge in [-0.25, -0.2) is 0 Å². The highest BCUT2D eigenvalue weighted by molar-refractivity contribution is 4.86. The van der Waals surface area contributed by atoms with Crippen LogP contribution in [0.1, 0.15) is 19.3 Å². The van der Waals surface area contributed by atoms with Gasteiger partial charge in [0.15, 0.2) is 0 Å². The van der Waals surface area contributed by atoms with Gasteiger partial charge >= 0.3 is 0 Å². The lowest BCUT2D eigenvalue weighted by atomic mass is 10.1. The van der Waals surface area contributed by atoms with Crippen molar-refractivity contribution in [3.05, 3.63) is 4.91 Å². The molecule has 0 bridgehead atoms. The molecule has 2 unspecified atom stereocenters. The lowest BCUT2D eigenvalue weighted by Crippen LogP contribution is -2.36. The molecule has 17 heavy (non-hydrogen) atoms. The molecule has 0 aromatic rings. The summed E-state index contributed by atoms with van der Waals surface area (Å²) in [5, 5.41) is 3.01. The van der Waals surface area contributed by atoms with Crippen molar-refractivity contribution in [1.29, 1.82) is 0 Å². The fraction of sp³-hybridized carbons (Fsp3) is 1.00. The van der Waals surface area contributed by atoms with Crippen LogP contribution in [-0.2, 0) is 4.74 Å². The summed E-state index contributed by atoms with van der Waals surface area (Å²) in [6.07, 6.45) is 3.92. The molecular formula is C12H23N3O2. The van der Waals surface area contributed by atoms with Crippen molar-refractivity contribution in [1.82, 2.24) is 9.80 Å². The molecule has 2 saturated heterocycles. The van der Waals surface area contributed by atoms with Gasteiger partial charge in [0.25, 0.3) is 0 Å². The lowest BCUT2D eigenvalue weighted by Gasteiger charge is -2.30. The fourth-order valence-corrected chi connectivity index (χ4v) is 2.82. The van der Waals surface area contributed by atoms with Crippen LogP contribution in [-0.4, -0.2) is 68.3 Å². The Kier molecular flexibility index (Phi) is 4.48. The lowest BCUT2D eigenvalue weighted by molar-refractivity contribution is -0.0337. The summed E-state index contributed by atoms with van der Waals surface area (Å²) in [6.45, 7) is 3.59. The second-order valence-corrected chi connectivity index (χ2v) is 5.40. The summed E-state index contributed by atoms with van der Waals surface area (Å²) in [7, 11) is 4.21. The van der Waals surface area contributed by atoms with Crippen LogP contribution >= 0.6 is 0 Å². The number of rotatable bonds is 4. The van der Waals surface area contributed by atoms with Crippen LogP contribution in [0, 0.1) is 4.91 Å². The average Bonchev–Trinajstić information content (AvgIpc) is 2.63. The fourth-order valence-electron chi connectivity index (χ4n) is 2.82. The van der Waals surface area contributed by atoms with E-state index >= 15 is 0 Å². The van der Waals surface area contributed by atoms with Crippen molar-refractivity contribution in [2.75, 3.05) is 40.3 Å². The van der Waals surface area contributed by atoms with E-state index in [0.717, 1.165) is 38.9 Å². The topological polar surface area (TPSA) is 45.1 Å². The Morgan fingerprint density at radius 1 is 1.24 bits per heavy atom. The molecule has 0 saturated carbocycles. The molecular weight excluding hydrogens is 218 g/mol. The van der Waals surface area contributed by atoms with Crippen LogP contribution in [0.25, 0.3) is 0 Å². The van der Waals surface area contributed by atoms with Gasteiger partial charge in [0.1, 0.15) is 0 Å². The Balaban J connectivity index is 1.75. The predicted molar refractivity (Wildman–Crippen MR) is 67.1 cm³/mol. The molecule has 98 valence electrons. The Morgan fingerprint density at radius 3 is 2.59 bits per heavy atom. The smallest absolute Gasteiger partial charge is 0.0967 e. The third-order valence-electron chi connectivity index (χ3n) is 3.99. The van der Waals surface area contributed by atoms with Gasteiger partial charge in [-0.1, -0.05) is 5.18 Å². The Labute approximate surface area is 103 Å². The summed E-state index contributed by atoms with van der Waals surface area (Å²) < 4.78 is 6.14. The van der Waals surface area contributed by atoms with E-state index in [1.807, 2.05) is 7.05 Å². The van der Waals surface area contributed by atoms with E-state index in [9.17, 15) is 4.91 Å². The SMILES string of the molecule is CN1CCC(OC2CC(CN=O)N(C)C2)CC1. The van der Waals surface area contributed by atoms with Gasteiger partial charge in [0.05, 0.1) is 18.8 Å². The monoisotopic (exact) mass is 241 g/mol. The highest BCUT2D eigenvalue weighted by atomic mass is 16.5. The van der Waals surface area contributed by atoms with Gasteiger partial charge in [-0.15, -0.1) is 0 Å². The summed E-state index contributed by atoms with van der Waals surface area (Å²) in [6, 6.07) is 0.281. The van der Waals surface area contributed by atoms with Crippen molar-refractivity contribution in [2.45, 2.75) is 37.5 Å². The first-order chi connectivity index (χ1) is 8.19. The Hall–Kier alpha value is -0.520. The predicted octanol–water partition coefficient (Wildman–Crippen LogP) is 0.936. The van der Waals surface area contributed by atoms with Crippen molar-refractivity contribution >= 4 is 0 Å². The Morgan fingerprint density at radius 2 is 1.94 bits per heavy atom. The number of hydrogen-bond acceptors (Lipinski definition) is 5. The van der Waals surface area contributed by atoms with Crippen LogP contribution < -0.4 is 0 Å². The number of likely N-dealkylation sites (N-methyl/N-ethyl adjacent to an activating group) is 1. The van der Waals surface area contributed by atoms with Crippen molar-refractivity contribution in [3.8, 4) is 0 Å². The standard InChI is InChI=1S/C12H23N3O2/c1-14-5-3-11(4-6-14)17-12-7-10(8-13-16)15(2)9-12/h10-12H,3-9H2,1-2H3. The number of likely N-dealkylation sites (tertiary alicyclic amines) is 2. The van der Waals surface area contributed by atoms with Crippen LogP contribution in [0.15, 0.2) is 5.18 Å². The maximum Gasteiger partial charge on any atom is 0.0967 e. The van der Waals surface area contributed by atoms with E-state index in [4.69, 9.17) is 4.74 Å². The van der Waals surface area contributed by atoms with Gasteiger partial charge in [-0.05, 0) is 33.4 Å². The molecule has 0 N–H and O–H groups in total. The zero-order valence-corrected chi connectivity index (χ0v) is 10.8. The van der Waals surface area contributed by atoms with Gasteiger partial charge in [0, 0.05) is 25.7 Å². The molecule has 0 aliphatic carbocycles. The largest absolute Gasteiger partial charge is 0.373 e. The Bertz CT molecular complexity index is 254. The number of ether oxygens (including phenoxy) is 1. The third-order valence-corrected chi connectivity index (χ3v) is 3.99. The second kappa shape index (κ2) is 5.89. The molecule has 2 atom stereocenters. The van der Waals surface area contributed by atoms with Crippen LogP contribution in [0.3, 0.4) is 0 Å². The van der Waals surface area contributed by atoms with Crippen molar-refractivity contribution in [3.63, 3.8) is 0 Å². The minimum absolute atomic E-state index is 0.281. The molecule has 0 amide bonds. The summed E-state index contributed by atoms with van der Waals surface area (Å²) in [4.78, 5) is 14.9. The van der Waals surface area contributed by atoms with Gasteiger partial charge < -0.3 is 9.64 Å². The average molecular weight is 241 g/mol. The first kappa shape index (κ1) is 12.9. The van der Waals surface area contributed by atoms with E-state index < -0.39 is 0 Å². The van der Waals surface area contributed by atoms with E-state index in [1.54, 1.807) is 0 Å². The second-order valence-electron chi connectivity index (χ2n) is 5.40. The number of hydrogen-bond donors (Lipinski definition) is 0. The normalized spacial score (nSPS) is 33.1. The maximum absolute atomic E-state index is 10.3. The number of nitrogens with zero attached hydrogens (tertiary/aromatic N) is 3. The van der Waals surface area contributed by atoms with E-state index in [1.165, 1.54) is 0 Å². The van der Waals surface area contributed by atoms with Gasteiger partial charge in [-0.2, -0.15) is 4.91 Å². The van der Waals surface area contributed by atoms with Crippen molar-refractivity contribution in [2.24, 2.45) is 5.18 Å². The van der Waals surface area contributed by atoms with Crippen LogP contribution in [0.4, 0.5) is 0 Å². The third kappa shape index (κ3) is 3.47. The molecule has 2 aliphatic rings. The number of piperidine rings is 1. The maximum atomic E-state index is 10.3. The molecule has 0 aromatic heterocycles. The highest BCUT2D eigenvalue weighted by Crippen LogP contribution is 2.23. The van der Waals surface area contributed by atoms with E-state index in [2.05, 4.69) is 22.0 Å². The molecule has 0 radical (unpaired) electrons. The van der Waals surface area contributed by atoms with E-state index in [-0.39, 0.29) is 6.04 Å². The van der Waals surface area contributed by atoms with Crippen LogP contribution in [0.2, 0.25) is 0 Å². The van der Waals surface area contributed by atoms with E-state index in [0.29, 0.717) is 18.8 Å². The van der Waals surface area contributed by atoms with Crippen LogP contribution in [0.5, 0.6) is 0 Å². The zero-order valence-electron chi connectivity index (χ0n) is 10.8. The number of nitroso groups, excluding NO2 is 1. The molecule has 2 aliphatic heterocycles. The molecule has 0 aromatic carbocycles. The summed E-state index contributed by atoms with van der Waals surface area (Å²) in [5.74, 6) is 0. The molecule has 5 heteroatoms. The van der Waals surface area contributed by atoms with Gasteiger partial charge in [0.2, 0.25) is 0 Å². The first-order valence-electron chi connectivity index (χ1n) is 6.52. The zero-order chi connectivity index (χ0) is 12.3.